The Hall–Kier alpha value is -2.48. The maximum absolute atomic E-state index is 5.80. The molecule has 0 aliphatic rings. The zero-order valence-corrected chi connectivity index (χ0v) is 11.4. The summed E-state index contributed by atoms with van der Waals surface area (Å²) in [4.78, 5) is 0. The molecule has 0 bridgehead atoms. The molecule has 0 saturated heterocycles. The van der Waals surface area contributed by atoms with Gasteiger partial charge in [0.15, 0.2) is 0 Å². The van der Waals surface area contributed by atoms with E-state index in [9.17, 15) is 0 Å². The minimum atomic E-state index is 0.517. The number of hydrogen-bond donors (Lipinski definition) is 0. The highest BCUT2D eigenvalue weighted by molar-refractivity contribution is 5.59. The van der Waals surface area contributed by atoms with Gasteiger partial charge in [-0.25, -0.2) is 0 Å². The average Bonchev–Trinajstić information content (AvgIpc) is 2.88. The lowest BCUT2D eigenvalue weighted by Crippen LogP contribution is -1.94. The maximum atomic E-state index is 5.80. The van der Waals surface area contributed by atoms with Crippen molar-refractivity contribution in [1.29, 1.82) is 0 Å². The zero-order chi connectivity index (χ0) is 13.8. The van der Waals surface area contributed by atoms with Crippen LogP contribution in [0.5, 0.6) is 5.95 Å². The molecule has 0 atom stereocenters. The van der Waals surface area contributed by atoms with Gasteiger partial charge in [0.05, 0.1) is 0 Å². The van der Waals surface area contributed by atoms with Gasteiger partial charge in [-0.3, -0.25) is 0 Å². The summed E-state index contributed by atoms with van der Waals surface area (Å²) < 4.78 is 11.6. The number of hydrogen-bond acceptors (Lipinski definition) is 2. The largest absolute Gasteiger partial charge is 0.460 e. The van der Waals surface area contributed by atoms with Crippen LogP contribution in [-0.2, 0) is 6.61 Å². The summed E-state index contributed by atoms with van der Waals surface area (Å²) in [7, 11) is 0. The third-order valence-electron chi connectivity index (χ3n) is 3.14. The van der Waals surface area contributed by atoms with E-state index in [1.807, 2.05) is 73.7 Å². The fourth-order valence-electron chi connectivity index (χ4n) is 2.08. The van der Waals surface area contributed by atoms with Gasteiger partial charge in [0, 0.05) is 11.1 Å². The second kappa shape index (κ2) is 5.66. The molecule has 0 amide bonds. The van der Waals surface area contributed by atoms with E-state index in [2.05, 4.69) is 0 Å². The first-order valence-electron chi connectivity index (χ1n) is 6.65. The molecule has 20 heavy (non-hydrogen) atoms. The summed E-state index contributed by atoms with van der Waals surface area (Å²) in [6.07, 6.45) is 0. The average molecular weight is 264 g/mol. The summed E-state index contributed by atoms with van der Waals surface area (Å²) >= 11 is 0. The summed E-state index contributed by atoms with van der Waals surface area (Å²) in [5.41, 5.74) is 3.20. The highest BCUT2D eigenvalue weighted by Crippen LogP contribution is 2.30. The molecule has 0 radical (unpaired) electrons. The number of rotatable bonds is 4. The molecule has 0 unspecified atom stereocenters. The second-order valence-corrected chi connectivity index (χ2v) is 4.72. The number of aryl methyl sites for hydroxylation is 1. The predicted octanol–water partition coefficient (Wildman–Crippen LogP) is 4.83. The van der Waals surface area contributed by atoms with Crippen LogP contribution in [0.3, 0.4) is 0 Å². The Morgan fingerprint density at radius 1 is 0.900 bits per heavy atom. The van der Waals surface area contributed by atoms with Crippen LogP contribution in [0.1, 0.15) is 11.1 Å². The van der Waals surface area contributed by atoms with Crippen molar-refractivity contribution in [3.8, 4) is 17.3 Å². The van der Waals surface area contributed by atoms with E-state index in [-0.39, 0.29) is 0 Å². The lowest BCUT2D eigenvalue weighted by Gasteiger charge is -2.03. The molecule has 1 aromatic heterocycles. The number of furan rings is 1. The molecule has 2 aromatic carbocycles. The highest BCUT2D eigenvalue weighted by atomic mass is 16.6. The summed E-state index contributed by atoms with van der Waals surface area (Å²) in [5.74, 6) is 1.43. The van der Waals surface area contributed by atoms with Crippen molar-refractivity contribution in [2.45, 2.75) is 13.5 Å². The molecule has 0 aliphatic carbocycles. The van der Waals surface area contributed by atoms with Crippen LogP contribution in [0.2, 0.25) is 0 Å². The minimum Gasteiger partial charge on any atom is -0.460 e. The number of benzene rings is 2. The van der Waals surface area contributed by atoms with Gasteiger partial charge in [-0.05, 0) is 18.6 Å². The van der Waals surface area contributed by atoms with Gasteiger partial charge in [0.2, 0.25) is 0 Å². The second-order valence-electron chi connectivity index (χ2n) is 4.72. The molecule has 2 nitrogen and oxygen atoms in total. The Kier molecular flexibility index (Phi) is 3.55. The van der Waals surface area contributed by atoms with Gasteiger partial charge < -0.3 is 9.15 Å². The van der Waals surface area contributed by atoms with Crippen LogP contribution in [0.25, 0.3) is 11.3 Å². The topological polar surface area (TPSA) is 22.4 Å². The molecule has 0 spiro atoms. The first-order chi connectivity index (χ1) is 9.83. The summed E-state index contributed by atoms with van der Waals surface area (Å²) in [6.45, 7) is 2.51. The summed E-state index contributed by atoms with van der Waals surface area (Å²) in [6, 6.07) is 22.1. The Morgan fingerprint density at radius 3 is 2.25 bits per heavy atom. The van der Waals surface area contributed by atoms with Crippen molar-refractivity contribution >= 4 is 0 Å². The third kappa shape index (κ3) is 2.75. The Bertz CT molecular complexity index is 669. The van der Waals surface area contributed by atoms with E-state index in [4.69, 9.17) is 9.15 Å². The molecular weight excluding hydrogens is 248 g/mol. The van der Waals surface area contributed by atoms with E-state index < -0.39 is 0 Å². The molecule has 0 N–H and O–H groups in total. The minimum absolute atomic E-state index is 0.517. The maximum Gasteiger partial charge on any atom is 0.288 e. The van der Waals surface area contributed by atoms with Crippen LogP contribution >= 0.6 is 0 Å². The van der Waals surface area contributed by atoms with Crippen LogP contribution in [-0.4, -0.2) is 0 Å². The van der Waals surface area contributed by atoms with Crippen LogP contribution < -0.4 is 4.74 Å². The van der Waals surface area contributed by atoms with Crippen molar-refractivity contribution in [2.24, 2.45) is 0 Å². The number of ether oxygens (including phenoxy) is 1. The molecule has 0 fully saturated rings. The highest BCUT2D eigenvalue weighted by Gasteiger charge is 2.10. The van der Waals surface area contributed by atoms with E-state index in [0.29, 0.717) is 12.6 Å². The van der Waals surface area contributed by atoms with Crippen molar-refractivity contribution in [3.63, 3.8) is 0 Å². The third-order valence-corrected chi connectivity index (χ3v) is 3.14. The van der Waals surface area contributed by atoms with Gasteiger partial charge in [0.1, 0.15) is 12.4 Å². The molecule has 1 heterocycles. The predicted molar refractivity (Wildman–Crippen MR) is 79.7 cm³/mol. The lowest BCUT2D eigenvalue weighted by molar-refractivity contribution is 0.233. The monoisotopic (exact) mass is 264 g/mol. The fraction of sp³-hybridized carbons (Fsp3) is 0.111. The van der Waals surface area contributed by atoms with Gasteiger partial charge in [-0.1, -0.05) is 60.7 Å². The van der Waals surface area contributed by atoms with Crippen LogP contribution in [0.4, 0.5) is 0 Å². The van der Waals surface area contributed by atoms with E-state index in [1.54, 1.807) is 0 Å². The standard InChI is InChI=1S/C18H16O2/c1-14-12-17(16-10-6-3-7-11-16)20-18(14)19-13-15-8-4-2-5-9-15/h2-12H,13H2,1H3. The van der Waals surface area contributed by atoms with Crippen molar-refractivity contribution in [1.82, 2.24) is 0 Å². The Labute approximate surface area is 118 Å². The van der Waals surface area contributed by atoms with Crippen LogP contribution in [0, 0.1) is 6.92 Å². The summed E-state index contributed by atoms with van der Waals surface area (Å²) in [5, 5.41) is 0. The van der Waals surface area contributed by atoms with Crippen molar-refractivity contribution in [3.05, 3.63) is 77.9 Å². The van der Waals surface area contributed by atoms with Crippen LogP contribution in [0.15, 0.2) is 71.1 Å². The smallest absolute Gasteiger partial charge is 0.288 e. The molecule has 2 heteroatoms. The Balaban J connectivity index is 1.76. The van der Waals surface area contributed by atoms with E-state index >= 15 is 0 Å². The molecule has 0 saturated carbocycles. The first-order valence-corrected chi connectivity index (χ1v) is 6.65. The fourth-order valence-corrected chi connectivity index (χ4v) is 2.08. The first kappa shape index (κ1) is 12.5. The quantitative estimate of drug-likeness (QED) is 0.673. The molecule has 100 valence electrons. The molecular formula is C18H16O2. The van der Waals surface area contributed by atoms with Gasteiger partial charge in [0.25, 0.3) is 5.95 Å². The molecule has 3 aromatic rings. The van der Waals surface area contributed by atoms with Gasteiger partial charge in [-0.15, -0.1) is 0 Å². The molecule has 3 rings (SSSR count). The van der Waals surface area contributed by atoms with E-state index in [1.165, 1.54) is 0 Å². The zero-order valence-electron chi connectivity index (χ0n) is 11.4. The normalized spacial score (nSPS) is 10.4. The lowest BCUT2D eigenvalue weighted by atomic mass is 10.1. The molecule has 0 aliphatic heterocycles. The van der Waals surface area contributed by atoms with E-state index in [0.717, 1.165) is 22.5 Å². The Morgan fingerprint density at radius 2 is 1.55 bits per heavy atom. The van der Waals surface area contributed by atoms with Gasteiger partial charge >= 0.3 is 0 Å². The van der Waals surface area contributed by atoms with Crippen molar-refractivity contribution < 1.29 is 9.15 Å². The van der Waals surface area contributed by atoms with Crippen molar-refractivity contribution in [2.75, 3.05) is 0 Å². The van der Waals surface area contributed by atoms with Gasteiger partial charge in [-0.2, -0.15) is 0 Å². The SMILES string of the molecule is Cc1cc(-c2ccccc2)oc1OCc1ccccc1.